The third-order valence-corrected chi connectivity index (χ3v) is 1.66. The SMILES string of the molecule is C#CCC(O)c1cccnc1OC. The van der Waals surface area contributed by atoms with Crippen LogP contribution in [0.4, 0.5) is 0 Å². The van der Waals surface area contributed by atoms with Gasteiger partial charge in [-0.1, -0.05) is 0 Å². The van der Waals surface area contributed by atoms with Crippen molar-refractivity contribution < 1.29 is 9.84 Å². The minimum atomic E-state index is -0.700. The Morgan fingerprint density at radius 1 is 1.77 bits per heavy atom. The highest BCUT2D eigenvalue weighted by Gasteiger charge is 2.11. The van der Waals surface area contributed by atoms with Crippen LogP contribution in [0.5, 0.6) is 5.88 Å². The summed E-state index contributed by atoms with van der Waals surface area (Å²) in [7, 11) is 1.51. The average Bonchev–Trinajstić information content (AvgIpc) is 2.18. The van der Waals surface area contributed by atoms with Crippen LogP contribution in [0.3, 0.4) is 0 Å². The molecule has 0 saturated heterocycles. The predicted molar refractivity (Wildman–Crippen MR) is 49.2 cm³/mol. The molecule has 1 atom stereocenters. The van der Waals surface area contributed by atoms with Crippen molar-refractivity contribution in [2.24, 2.45) is 0 Å². The molecule has 0 radical (unpaired) electrons. The molecule has 0 aliphatic heterocycles. The van der Waals surface area contributed by atoms with Gasteiger partial charge in [-0.05, 0) is 12.1 Å². The lowest BCUT2D eigenvalue weighted by molar-refractivity contribution is 0.178. The molecule has 3 heteroatoms. The number of pyridine rings is 1. The van der Waals surface area contributed by atoms with Gasteiger partial charge in [0.2, 0.25) is 5.88 Å². The lowest BCUT2D eigenvalue weighted by Crippen LogP contribution is -2.00. The maximum absolute atomic E-state index is 9.57. The number of aromatic nitrogens is 1. The van der Waals surface area contributed by atoms with Gasteiger partial charge in [0.1, 0.15) is 0 Å². The quantitative estimate of drug-likeness (QED) is 0.704. The van der Waals surface area contributed by atoms with Gasteiger partial charge in [-0.2, -0.15) is 0 Å². The number of nitrogens with zero attached hydrogens (tertiary/aromatic N) is 1. The van der Waals surface area contributed by atoms with Crippen LogP contribution in [-0.2, 0) is 0 Å². The van der Waals surface area contributed by atoms with Gasteiger partial charge < -0.3 is 9.84 Å². The summed E-state index contributed by atoms with van der Waals surface area (Å²) < 4.78 is 4.97. The van der Waals surface area contributed by atoms with Crippen LogP contribution in [-0.4, -0.2) is 17.2 Å². The van der Waals surface area contributed by atoms with E-state index in [1.807, 2.05) is 0 Å². The zero-order valence-electron chi connectivity index (χ0n) is 7.40. The summed E-state index contributed by atoms with van der Waals surface area (Å²) in [4.78, 5) is 3.95. The summed E-state index contributed by atoms with van der Waals surface area (Å²) in [6.07, 6.45) is 6.25. The molecular weight excluding hydrogens is 166 g/mol. The molecule has 3 nitrogen and oxygen atoms in total. The van der Waals surface area contributed by atoms with E-state index in [1.54, 1.807) is 18.3 Å². The maximum Gasteiger partial charge on any atom is 0.218 e. The first-order valence-corrected chi connectivity index (χ1v) is 3.90. The van der Waals surface area contributed by atoms with Gasteiger partial charge in [0, 0.05) is 18.2 Å². The van der Waals surface area contributed by atoms with E-state index >= 15 is 0 Å². The lowest BCUT2D eigenvalue weighted by Gasteiger charge is -2.10. The number of terminal acetylenes is 1. The van der Waals surface area contributed by atoms with Gasteiger partial charge in [-0.3, -0.25) is 0 Å². The van der Waals surface area contributed by atoms with E-state index in [9.17, 15) is 5.11 Å². The highest BCUT2D eigenvalue weighted by molar-refractivity contribution is 5.28. The van der Waals surface area contributed by atoms with Gasteiger partial charge >= 0.3 is 0 Å². The molecule has 0 fully saturated rings. The van der Waals surface area contributed by atoms with Crippen LogP contribution in [0.2, 0.25) is 0 Å². The number of ether oxygens (including phenoxy) is 1. The maximum atomic E-state index is 9.57. The average molecular weight is 177 g/mol. The van der Waals surface area contributed by atoms with E-state index in [-0.39, 0.29) is 6.42 Å². The van der Waals surface area contributed by atoms with Crippen LogP contribution in [0.15, 0.2) is 18.3 Å². The van der Waals surface area contributed by atoms with Crippen molar-refractivity contribution >= 4 is 0 Å². The van der Waals surface area contributed by atoms with Crippen molar-refractivity contribution in [1.29, 1.82) is 0 Å². The summed E-state index contributed by atoms with van der Waals surface area (Å²) in [6, 6.07) is 3.48. The molecule has 1 unspecified atom stereocenters. The third kappa shape index (κ3) is 2.20. The molecular formula is C10H11NO2. The topological polar surface area (TPSA) is 42.4 Å². The van der Waals surface area contributed by atoms with Crippen LogP contribution in [0.1, 0.15) is 18.1 Å². The molecule has 1 rings (SSSR count). The van der Waals surface area contributed by atoms with E-state index in [0.29, 0.717) is 11.4 Å². The van der Waals surface area contributed by atoms with Crippen LogP contribution in [0.25, 0.3) is 0 Å². The van der Waals surface area contributed by atoms with Crippen LogP contribution < -0.4 is 4.74 Å². The van der Waals surface area contributed by atoms with Crippen LogP contribution in [0, 0.1) is 12.3 Å². The molecule has 13 heavy (non-hydrogen) atoms. The number of aliphatic hydroxyl groups is 1. The molecule has 1 N–H and O–H groups in total. The first-order valence-electron chi connectivity index (χ1n) is 3.90. The van der Waals surface area contributed by atoms with Crippen molar-refractivity contribution in [1.82, 2.24) is 4.98 Å². The second-order valence-electron chi connectivity index (χ2n) is 2.53. The fraction of sp³-hybridized carbons (Fsp3) is 0.300. The van der Waals surface area contributed by atoms with Gasteiger partial charge in [0.15, 0.2) is 0 Å². The second kappa shape index (κ2) is 4.48. The lowest BCUT2D eigenvalue weighted by atomic mass is 10.1. The smallest absolute Gasteiger partial charge is 0.218 e. The monoisotopic (exact) mass is 177 g/mol. The molecule has 0 aromatic carbocycles. The van der Waals surface area contributed by atoms with E-state index in [0.717, 1.165) is 0 Å². The molecule has 0 bridgehead atoms. The van der Waals surface area contributed by atoms with E-state index in [2.05, 4.69) is 10.9 Å². The van der Waals surface area contributed by atoms with Gasteiger partial charge in [-0.15, -0.1) is 12.3 Å². The molecule has 1 heterocycles. The number of hydrogen-bond acceptors (Lipinski definition) is 3. The van der Waals surface area contributed by atoms with Gasteiger partial charge in [-0.25, -0.2) is 4.98 Å². The van der Waals surface area contributed by atoms with Gasteiger partial charge in [0.05, 0.1) is 13.2 Å². The molecule has 0 aliphatic rings. The van der Waals surface area contributed by atoms with Crippen molar-refractivity contribution in [3.63, 3.8) is 0 Å². The molecule has 0 saturated carbocycles. The number of aliphatic hydroxyl groups excluding tert-OH is 1. The molecule has 0 amide bonds. The number of hydrogen-bond donors (Lipinski definition) is 1. The Morgan fingerprint density at radius 3 is 3.15 bits per heavy atom. The Hall–Kier alpha value is -1.53. The summed E-state index contributed by atoms with van der Waals surface area (Å²) >= 11 is 0. The van der Waals surface area contributed by atoms with Crippen molar-refractivity contribution in [3.8, 4) is 18.2 Å². The molecule has 1 aromatic heterocycles. The third-order valence-electron chi connectivity index (χ3n) is 1.66. The summed E-state index contributed by atoms with van der Waals surface area (Å²) in [5.41, 5.74) is 0.628. The summed E-state index contributed by atoms with van der Waals surface area (Å²) in [6.45, 7) is 0. The predicted octanol–water partition coefficient (Wildman–Crippen LogP) is 1.15. The van der Waals surface area contributed by atoms with Crippen LogP contribution >= 0.6 is 0 Å². The van der Waals surface area contributed by atoms with E-state index in [1.165, 1.54) is 7.11 Å². The first kappa shape index (κ1) is 9.56. The Kier molecular flexibility index (Phi) is 3.30. The Balaban J connectivity index is 2.93. The summed E-state index contributed by atoms with van der Waals surface area (Å²) in [5, 5.41) is 9.57. The number of methoxy groups -OCH3 is 1. The standard InChI is InChI=1S/C10H11NO2/c1-3-5-9(12)8-6-4-7-11-10(8)13-2/h1,4,6-7,9,12H,5H2,2H3. The van der Waals surface area contributed by atoms with Crippen molar-refractivity contribution in [2.45, 2.75) is 12.5 Å². The zero-order valence-corrected chi connectivity index (χ0v) is 7.40. The summed E-state index contributed by atoms with van der Waals surface area (Å²) in [5.74, 6) is 2.81. The fourth-order valence-corrected chi connectivity index (χ4v) is 1.05. The first-order chi connectivity index (χ1) is 6.29. The minimum Gasteiger partial charge on any atom is -0.481 e. The molecule has 68 valence electrons. The molecule has 0 aliphatic carbocycles. The Bertz CT molecular complexity index is 317. The Labute approximate surface area is 77.4 Å². The van der Waals surface area contributed by atoms with E-state index in [4.69, 9.17) is 11.2 Å². The molecule has 0 spiro atoms. The normalized spacial score (nSPS) is 11.8. The van der Waals surface area contributed by atoms with E-state index < -0.39 is 6.10 Å². The molecule has 1 aromatic rings. The minimum absolute atomic E-state index is 0.266. The van der Waals surface area contributed by atoms with Gasteiger partial charge in [0.25, 0.3) is 0 Å². The highest BCUT2D eigenvalue weighted by Crippen LogP contribution is 2.23. The highest BCUT2D eigenvalue weighted by atomic mass is 16.5. The largest absolute Gasteiger partial charge is 0.481 e. The number of rotatable bonds is 3. The fourth-order valence-electron chi connectivity index (χ4n) is 1.05. The van der Waals surface area contributed by atoms with Crippen molar-refractivity contribution in [3.05, 3.63) is 23.9 Å². The second-order valence-corrected chi connectivity index (χ2v) is 2.53. The Morgan fingerprint density at radius 2 is 2.54 bits per heavy atom. The zero-order chi connectivity index (χ0) is 9.68. The van der Waals surface area contributed by atoms with Crippen molar-refractivity contribution in [2.75, 3.05) is 7.11 Å².